The third-order valence-corrected chi connectivity index (χ3v) is 5.42. The van der Waals surface area contributed by atoms with Crippen LogP contribution >= 0.6 is 24.0 Å². The molecule has 1 aromatic rings. The lowest BCUT2D eigenvalue weighted by Crippen LogP contribution is -2.39. The van der Waals surface area contributed by atoms with Gasteiger partial charge in [0.05, 0.1) is 18.0 Å². The number of hydrogen-bond acceptors (Lipinski definition) is 4. The van der Waals surface area contributed by atoms with E-state index in [1.165, 1.54) is 20.0 Å². The summed E-state index contributed by atoms with van der Waals surface area (Å²) >= 11 is 0. The van der Waals surface area contributed by atoms with E-state index >= 15 is 0 Å². The molecule has 26 heavy (non-hydrogen) atoms. The third-order valence-electron chi connectivity index (χ3n) is 3.96. The summed E-state index contributed by atoms with van der Waals surface area (Å²) in [5, 5.41) is 3.31. The number of aliphatic imine (C=N–C) groups is 1. The van der Waals surface area contributed by atoms with Crippen LogP contribution in [0, 0.1) is 0 Å². The fraction of sp³-hybridized carbons (Fsp3) is 0.588. The van der Waals surface area contributed by atoms with Gasteiger partial charge < -0.3 is 15.0 Å². The minimum absolute atomic E-state index is 0. The number of rotatable bonds is 8. The summed E-state index contributed by atoms with van der Waals surface area (Å²) < 4.78 is 32.0. The number of methoxy groups -OCH3 is 1. The molecule has 2 rings (SSSR count). The van der Waals surface area contributed by atoms with Crippen LogP contribution in [0.25, 0.3) is 0 Å². The molecule has 0 saturated carbocycles. The van der Waals surface area contributed by atoms with Crippen molar-refractivity contribution in [1.29, 1.82) is 0 Å². The van der Waals surface area contributed by atoms with Gasteiger partial charge in [0.15, 0.2) is 5.96 Å². The highest BCUT2D eigenvalue weighted by Crippen LogP contribution is 2.13. The predicted molar refractivity (Wildman–Crippen MR) is 115 cm³/mol. The van der Waals surface area contributed by atoms with Gasteiger partial charge in [0.25, 0.3) is 0 Å². The Balaban J connectivity index is 0.00000338. The Bertz CT molecular complexity index is 676. The number of halogens is 1. The minimum Gasteiger partial charge on any atom is -0.383 e. The zero-order valence-electron chi connectivity index (χ0n) is 15.4. The summed E-state index contributed by atoms with van der Waals surface area (Å²) in [7, 11) is -1.99. The topological polar surface area (TPSA) is 83.0 Å². The average molecular weight is 496 g/mol. The second kappa shape index (κ2) is 11.7. The van der Waals surface area contributed by atoms with Crippen molar-refractivity contribution in [2.24, 2.45) is 4.99 Å². The first-order valence-corrected chi connectivity index (χ1v) is 10.2. The Morgan fingerprint density at radius 2 is 2.04 bits per heavy atom. The van der Waals surface area contributed by atoms with Crippen LogP contribution in [0.3, 0.4) is 0 Å². The minimum atomic E-state index is -3.52. The fourth-order valence-electron chi connectivity index (χ4n) is 2.69. The molecule has 7 nitrogen and oxygen atoms in total. The number of ether oxygens (including phenoxy) is 1. The van der Waals surface area contributed by atoms with Crippen LogP contribution < -0.4 is 10.0 Å². The molecule has 1 aliphatic heterocycles. The van der Waals surface area contributed by atoms with Gasteiger partial charge in [-0.1, -0.05) is 12.1 Å². The third kappa shape index (κ3) is 7.01. The van der Waals surface area contributed by atoms with Crippen molar-refractivity contribution >= 4 is 40.0 Å². The van der Waals surface area contributed by atoms with Crippen molar-refractivity contribution in [3.63, 3.8) is 0 Å². The fourth-order valence-corrected chi connectivity index (χ4v) is 3.78. The maximum absolute atomic E-state index is 12.3. The van der Waals surface area contributed by atoms with Crippen molar-refractivity contribution in [1.82, 2.24) is 14.9 Å². The first kappa shape index (κ1) is 23.1. The smallest absolute Gasteiger partial charge is 0.240 e. The lowest BCUT2D eigenvalue weighted by Gasteiger charge is -2.20. The number of hydrogen-bond donors (Lipinski definition) is 2. The Labute approximate surface area is 173 Å². The molecule has 0 amide bonds. The largest absolute Gasteiger partial charge is 0.383 e. The molecular formula is C17H29IN4O3S. The first-order chi connectivity index (χ1) is 12.1. The van der Waals surface area contributed by atoms with Gasteiger partial charge >= 0.3 is 0 Å². The van der Waals surface area contributed by atoms with Crippen LogP contribution in [0.2, 0.25) is 0 Å². The summed E-state index contributed by atoms with van der Waals surface area (Å²) in [5.74, 6) is 0.895. The van der Waals surface area contributed by atoms with E-state index in [9.17, 15) is 8.42 Å². The zero-order chi connectivity index (χ0) is 18.1. The van der Waals surface area contributed by atoms with Gasteiger partial charge in [0.2, 0.25) is 10.0 Å². The molecule has 0 spiro atoms. The van der Waals surface area contributed by atoms with Crippen LogP contribution in [-0.4, -0.2) is 59.2 Å². The Morgan fingerprint density at radius 3 is 2.69 bits per heavy atom. The standard InChI is InChI=1S/C17H28N4O3S.HI/c1-3-18-17(21-10-4-5-11-21)19-14-15-7-6-8-16(13-15)25(22,23)20-9-12-24-2;/h6-8,13,20H,3-5,9-12,14H2,1-2H3,(H,18,19);1H. The van der Waals surface area contributed by atoms with Crippen molar-refractivity contribution in [2.45, 2.75) is 31.2 Å². The molecule has 0 bridgehead atoms. The van der Waals surface area contributed by atoms with Crippen LogP contribution in [-0.2, 0) is 21.3 Å². The predicted octanol–water partition coefficient (Wildman–Crippen LogP) is 1.79. The van der Waals surface area contributed by atoms with Gasteiger partial charge in [-0.15, -0.1) is 24.0 Å². The molecular weight excluding hydrogens is 467 g/mol. The zero-order valence-corrected chi connectivity index (χ0v) is 18.5. The van der Waals surface area contributed by atoms with Crippen molar-refractivity contribution in [3.05, 3.63) is 29.8 Å². The second-order valence-electron chi connectivity index (χ2n) is 5.90. The lowest BCUT2D eigenvalue weighted by molar-refractivity contribution is 0.204. The average Bonchev–Trinajstić information content (AvgIpc) is 3.13. The van der Waals surface area contributed by atoms with E-state index < -0.39 is 10.0 Å². The molecule has 0 aliphatic carbocycles. The highest BCUT2D eigenvalue weighted by Gasteiger charge is 2.16. The number of sulfonamides is 1. The van der Waals surface area contributed by atoms with Crippen molar-refractivity contribution in [3.8, 4) is 0 Å². The first-order valence-electron chi connectivity index (χ1n) is 8.67. The number of benzene rings is 1. The summed E-state index contributed by atoms with van der Waals surface area (Å²) in [6.45, 7) is 5.93. The van der Waals surface area contributed by atoms with Crippen LogP contribution in [0.15, 0.2) is 34.2 Å². The van der Waals surface area contributed by atoms with Gasteiger partial charge in [-0.25, -0.2) is 18.1 Å². The van der Waals surface area contributed by atoms with E-state index in [0.29, 0.717) is 13.2 Å². The Hall–Kier alpha value is -0.910. The van der Waals surface area contributed by atoms with E-state index in [2.05, 4.69) is 19.9 Å². The van der Waals surface area contributed by atoms with Crippen LogP contribution in [0.4, 0.5) is 0 Å². The maximum Gasteiger partial charge on any atom is 0.240 e. The van der Waals surface area contributed by atoms with E-state index in [0.717, 1.165) is 31.2 Å². The Morgan fingerprint density at radius 1 is 1.31 bits per heavy atom. The van der Waals surface area contributed by atoms with Gasteiger partial charge in [0, 0.05) is 33.3 Å². The molecule has 0 unspecified atom stereocenters. The molecule has 2 N–H and O–H groups in total. The normalized spacial score (nSPS) is 15.0. The van der Waals surface area contributed by atoms with E-state index in [-0.39, 0.29) is 35.4 Å². The quantitative estimate of drug-likeness (QED) is 0.248. The molecule has 0 atom stereocenters. The maximum atomic E-state index is 12.3. The van der Waals surface area contributed by atoms with Gasteiger partial charge in [0.1, 0.15) is 0 Å². The van der Waals surface area contributed by atoms with Crippen LogP contribution in [0.1, 0.15) is 25.3 Å². The SMILES string of the molecule is CCNC(=NCc1cccc(S(=O)(=O)NCCOC)c1)N1CCCC1.I. The monoisotopic (exact) mass is 496 g/mol. The second-order valence-corrected chi connectivity index (χ2v) is 7.67. The van der Waals surface area contributed by atoms with Gasteiger partial charge in [-0.2, -0.15) is 0 Å². The molecule has 0 aromatic heterocycles. The van der Waals surface area contributed by atoms with Crippen LogP contribution in [0.5, 0.6) is 0 Å². The molecule has 1 aliphatic rings. The van der Waals surface area contributed by atoms with E-state index in [1.807, 2.05) is 13.0 Å². The van der Waals surface area contributed by atoms with Gasteiger partial charge in [-0.3, -0.25) is 0 Å². The summed E-state index contributed by atoms with van der Waals surface area (Å²) in [6.07, 6.45) is 2.37. The number of guanidine groups is 1. The Kier molecular flexibility index (Phi) is 10.4. The molecule has 9 heteroatoms. The van der Waals surface area contributed by atoms with Crippen molar-refractivity contribution in [2.75, 3.05) is 39.9 Å². The van der Waals surface area contributed by atoms with E-state index in [4.69, 9.17) is 4.74 Å². The van der Waals surface area contributed by atoms with E-state index in [1.54, 1.807) is 18.2 Å². The van der Waals surface area contributed by atoms with Crippen molar-refractivity contribution < 1.29 is 13.2 Å². The molecule has 1 heterocycles. The number of likely N-dealkylation sites (tertiary alicyclic amines) is 1. The molecule has 148 valence electrons. The summed E-state index contributed by atoms with van der Waals surface area (Å²) in [4.78, 5) is 7.16. The molecule has 0 radical (unpaired) electrons. The highest BCUT2D eigenvalue weighted by molar-refractivity contribution is 14.0. The van der Waals surface area contributed by atoms with Gasteiger partial charge in [-0.05, 0) is 37.5 Å². The summed E-state index contributed by atoms with van der Waals surface area (Å²) in [5.41, 5.74) is 0.865. The molecule has 1 aromatic carbocycles. The molecule has 1 saturated heterocycles. The highest BCUT2D eigenvalue weighted by atomic mass is 127. The molecule has 1 fully saturated rings. The summed E-state index contributed by atoms with van der Waals surface area (Å²) in [6, 6.07) is 6.91. The number of nitrogens with one attached hydrogen (secondary N) is 2. The lowest BCUT2D eigenvalue weighted by atomic mass is 10.2. The number of nitrogens with zero attached hydrogens (tertiary/aromatic N) is 2.